The van der Waals surface area contributed by atoms with E-state index < -0.39 is 0 Å². The molecule has 1 amide bonds. The Morgan fingerprint density at radius 3 is 2.81 bits per heavy atom. The lowest BCUT2D eigenvalue weighted by Crippen LogP contribution is -2.27. The molecule has 0 fully saturated rings. The maximum absolute atomic E-state index is 12.0. The van der Waals surface area contributed by atoms with Crippen LogP contribution in [0.2, 0.25) is 5.02 Å². The predicted octanol–water partition coefficient (Wildman–Crippen LogP) is 4.32. The van der Waals surface area contributed by atoms with Crippen LogP contribution in [0.1, 0.15) is 22.9 Å². The van der Waals surface area contributed by atoms with E-state index in [1.807, 2.05) is 41.8 Å². The second-order valence-electron chi connectivity index (χ2n) is 4.63. The van der Waals surface area contributed by atoms with Gasteiger partial charge in [0.15, 0.2) is 0 Å². The van der Waals surface area contributed by atoms with Gasteiger partial charge in [-0.15, -0.1) is 22.9 Å². The Morgan fingerprint density at radius 2 is 2.14 bits per heavy atom. The maximum Gasteiger partial charge on any atom is 0.258 e. The van der Waals surface area contributed by atoms with Crippen molar-refractivity contribution < 1.29 is 4.79 Å². The molecule has 21 heavy (non-hydrogen) atoms. The van der Waals surface area contributed by atoms with E-state index in [1.165, 1.54) is 5.01 Å². The number of alkyl halides is 1. The van der Waals surface area contributed by atoms with Crippen LogP contribution in [0, 0.1) is 0 Å². The molecule has 108 valence electrons. The number of amides is 1. The molecule has 3 nitrogen and oxygen atoms in total. The molecule has 1 aromatic carbocycles. The summed E-state index contributed by atoms with van der Waals surface area (Å²) in [5, 5.41) is 8.58. The first-order chi connectivity index (χ1) is 10.2. The van der Waals surface area contributed by atoms with Crippen LogP contribution in [-0.2, 0) is 4.79 Å². The molecule has 0 saturated heterocycles. The number of carbonyl (C=O) groups is 1. The highest BCUT2D eigenvalue weighted by atomic mass is 35.5. The number of hydrazone groups is 1. The Kier molecular flexibility index (Phi) is 4.29. The summed E-state index contributed by atoms with van der Waals surface area (Å²) in [4.78, 5) is 13.1. The smallest absolute Gasteiger partial charge is 0.258 e. The van der Waals surface area contributed by atoms with Crippen LogP contribution in [0.5, 0.6) is 0 Å². The van der Waals surface area contributed by atoms with Crippen molar-refractivity contribution in [2.75, 3.05) is 5.88 Å². The van der Waals surface area contributed by atoms with Crippen LogP contribution in [0.15, 0.2) is 46.9 Å². The molecule has 3 rings (SSSR count). The standard InChI is InChI=1S/C15H12Cl2N2OS/c16-9-15(20)19-13(14-6-3-7-21-14)8-12(18-19)10-4-1-2-5-11(10)17/h1-7,13H,8-9H2. The molecule has 1 aliphatic heterocycles. The molecule has 1 aliphatic rings. The van der Waals surface area contributed by atoms with Gasteiger partial charge in [0.05, 0.1) is 11.8 Å². The quantitative estimate of drug-likeness (QED) is 0.767. The number of thiophene rings is 1. The number of carbonyl (C=O) groups excluding carboxylic acids is 1. The summed E-state index contributed by atoms with van der Waals surface area (Å²) < 4.78 is 0. The van der Waals surface area contributed by atoms with Crippen molar-refractivity contribution in [2.24, 2.45) is 5.10 Å². The van der Waals surface area contributed by atoms with E-state index in [-0.39, 0.29) is 17.8 Å². The third-order valence-electron chi connectivity index (χ3n) is 3.34. The van der Waals surface area contributed by atoms with Crippen LogP contribution in [0.25, 0.3) is 0 Å². The van der Waals surface area contributed by atoms with Crippen molar-refractivity contribution >= 4 is 46.2 Å². The second kappa shape index (κ2) is 6.18. The highest BCUT2D eigenvalue weighted by molar-refractivity contribution is 7.10. The lowest BCUT2D eigenvalue weighted by molar-refractivity contribution is -0.130. The van der Waals surface area contributed by atoms with E-state index in [4.69, 9.17) is 23.2 Å². The lowest BCUT2D eigenvalue weighted by atomic mass is 10.0. The van der Waals surface area contributed by atoms with Crippen molar-refractivity contribution in [2.45, 2.75) is 12.5 Å². The SMILES string of the molecule is O=C(CCl)N1N=C(c2ccccc2Cl)CC1c1cccs1. The average molecular weight is 339 g/mol. The van der Waals surface area contributed by atoms with E-state index in [0.29, 0.717) is 11.4 Å². The minimum atomic E-state index is -0.197. The van der Waals surface area contributed by atoms with Crippen molar-refractivity contribution in [1.82, 2.24) is 5.01 Å². The van der Waals surface area contributed by atoms with Crippen molar-refractivity contribution in [1.29, 1.82) is 0 Å². The van der Waals surface area contributed by atoms with Gasteiger partial charge < -0.3 is 0 Å². The van der Waals surface area contributed by atoms with Crippen LogP contribution in [-0.4, -0.2) is 22.5 Å². The topological polar surface area (TPSA) is 32.7 Å². The summed E-state index contributed by atoms with van der Waals surface area (Å²) in [6, 6.07) is 11.4. The number of benzene rings is 1. The summed E-state index contributed by atoms with van der Waals surface area (Å²) in [6.07, 6.45) is 0.646. The van der Waals surface area contributed by atoms with Gasteiger partial charge in [0.1, 0.15) is 5.88 Å². The third-order valence-corrected chi connectivity index (χ3v) is 4.87. The predicted molar refractivity (Wildman–Crippen MR) is 87.2 cm³/mol. The molecule has 6 heteroatoms. The van der Waals surface area contributed by atoms with E-state index in [2.05, 4.69) is 5.10 Å². The molecule has 0 N–H and O–H groups in total. The fourth-order valence-corrected chi connectivity index (χ4v) is 3.54. The summed E-state index contributed by atoms with van der Waals surface area (Å²) >= 11 is 13.5. The zero-order valence-electron chi connectivity index (χ0n) is 11.0. The van der Waals surface area contributed by atoms with Gasteiger partial charge in [0.25, 0.3) is 5.91 Å². The fourth-order valence-electron chi connectivity index (χ4n) is 2.36. The van der Waals surface area contributed by atoms with Crippen LogP contribution in [0.3, 0.4) is 0 Å². The van der Waals surface area contributed by atoms with Gasteiger partial charge in [0, 0.05) is 21.9 Å². The molecular formula is C15H12Cl2N2OS. The summed E-state index contributed by atoms with van der Waals surface area (Å²) in [5.74, 6) is -0.279. The number of hydrogen-bond donors (Lipinski definition) is 0. The minimum Gasteiger partial charge on any atom is -0.272 e. The monoisotopic (exact) mass is 338 g/mol. The van der Waals surface area contributed by atoms with Crippen molar-refractivity contribution in [3.05, 3.63) is 57.2 Å². The Morgan fingerprint density at radius 1 is 1.33 bits per heavy atom. The summed E-state index contributed by atoms with van der Waals surface area (Å²) in [6.45, 7) is 0. The molecule has 0 aliphatic carbocycles. The Bertz CT molecular complexity index is 685. The lowest BCUT2D eigenvalue weighted by Gasteiger charge is -2.19. The molecule has 0 spiro atoms. The van der Waals surface area contributed by atoms with Gasteiger partial charge in [-0.25, -0.2) is 5.01 Å². The van der Waals surface area contributed by atoms with Crippen molar-refractivity contribution in [3.63, 3.8) is 0 Å². The van der Waals surface area contributed by atoms with E-state index in [1.54, 1.807) is 11.3 Å². The van der Waals surface area contributed by atoms with Crippen LogP contribution >= 0.6 is 34.5 Å². The summed E-state index contributed by atoms with van der Waals surface area (Å²) in [7, 11) is 0. The van der Waals surface area contributed by atoms with E-state index in [0.717, 1.165) is 16.2 Å². The average Bonchev–Trinajstić information content (AvgIpc) is 3.15. The van der Waals surface area contributed by atoms with Gasteiger partial charge >= 0.3 is 0 Å². The molecule has 0 saturated carbocycles. The van der Waals surface area contributed by atoms with E-state index in [9.17, 15) is 4.79 Å². The first kappa shape index (κ1) is 14.6. The molecule has 2 heterocycles. The van der Waals surface area contributed by atoms with Gasteiger partial charge in [-0.2, -0.15) is 5.10 Å². The number of halogens is 2. The number of hydrogen-bond acceptors (Lipinski definition) is 3. The summed E-state index contributed by atoms with van der Waals surface area (Å²) in [5.41, 5.74) is 1.68. The molecule has 2 aromatic rings. The normalized spacial score (nSPS) is 17.9. The van der Waals surface area contributed by atoms with Gasteiger partial charge in [0.2, 0.25) is 0 Å². The first-order valence-corrected chi connectivity index (χ1v) is 8.23. The van der Waals surface area contributed by atoms with Gasteiger partial charge in [-0.1, -0.05) is 35.9 Å². The number of nitrogens with zero attached hydrogens (tertiary/aromatic N) is 2. The van der Waals surface area contributed by atoms with E-state index >= 15 is 0 Å². The largest absolute Gasteiger partial charge is 0.272 e. The molecular weight excluding hydrogens is 327 g/mol. The molecule has 1 atom stereocenters. The van der Waals surface area contributed by atoms with Gasteiger partial charge in [-0.3, -0.25) is 4.79 Å². The van der Waals surface area contributed by atoms with Gasteiger partial charge in [-0.05, 0) is 17.5 Å². The fraction of sp³-hybridized carbons (Fsp3) is 0.200. The Balaban J connectivity index is 1.97. The highest BCUT2D eigenvalue weighted by Gasteiger charge is 2.33. The minimum absolute atomic E-state index is 0.0822. The van der Waals surface area contributed by atoms with Crippen LogP contribution in [0.4, 0.5) is 0 Å². The first-order valence-electron chi connectivity index (χ1n) is 6.44. The molecule has 1 unspecified atom stereocenters. The number of rotatable bonds is 3. The Hall–Kier alpha value is -1.36. The van der Waals surface area contributed by atoms with Crippen molar-refractivity contribution in [3.8, 4) is 0 Å². The maximum atomic E-state index is 12.0. The zero-order valence-corrected chi connectivity index (χ0v) is 13.3. The Labute approximate surface area is 136 Å². The zero-order chi connectivity index (χ0) is 14.8. The second-order valence-corrected chi connectivity index (χ2v) is 6.29. The highest BCUT2D eigenvalue weighted by Crippen LogP contribution is 2.36. The molecule has 0 radical (unpaired) electrons. The van der Waals surface area contributed by atoms with Crippen LogP contribution < -0.4 is 0 Å². The third kappa shape index (κ3) is 2.84. The molecule has 0 bridgehead atoms. The molecule has 1 aromatic heterocycles.